The lowest BCUT2D eigenvalue weighted by Gasteiger charge is -2.34. The van der Waals surface area contributed by atoms with Gasteiger partial charge in [-0.3, -0.25) is 4.79 Å². The summed E-state index contributed by atoms with van der Waals surface area (Å²) < 4.78 is 0. The minimum Gasteiger partial charge on any atom is -0.356 e. The third-order valence-electron chi connectivity index (χ3n) is 5.22. The molecule has 4 nitrogen and oxygen atoms in total. The number of hydrogen-bond acceptors (Lipinski definition) is 3. The second-order valence-corrected chi connectivity index (χ2v) is 7.32. The van der Waals surface area contributed by atoms with Crippen LogP contribution in [0.1, 0.15) is 41.1 Å². The molecular formula is C20H22ClN3O. The maximum absolute atomic E-state index is 13.0. The standard InChI is InChI=1S/C20H22ClN3O/c21-18-6-4-15(5-7-18)17-3-1-10-24(14-17)20(25)16-8-9-22-19(13-16)23-11-2-12-23/h4-9,13,17H,1-3,10-12,14H2/t17-/m1/s1. The van der Waals surface area contributed by atoms with Crippen LogP contribution in [0.3, 0.4) is 0 Å². The number of halogens is 1. The molecule has 25 heavy (non-hydrogen) atoms. The van der Waals surface area contributed by atoms with Crippen molar-refractivity contribution >= 4 is 23.3 Å². The monoisotopic (exact) mass is 355 g/mol. The lowest BCUT2D eigenvalue weighted by atomic mass is 9.90. The van der Waals surface area contributed by atoms with Crippen molar-refractivity contribution in [3.8, 4) is 0 Å². The van der Waals surface area contributed by atoms with Gasteiger partial charge in [-0.05, 0) is 49.1 Å². The van der Waals surface area contributed by atoms with E-state index in [1.807, 2.05) is 29.2 Å². The van der Waals surface area contributed by atoms with E-state index >= 15 is 0 Å². The Kier molecular flexibility index (Phi) is 4.62. The van der Waals surface area contributed by atoms with Crippen LogP contribution in [0.15, 0.2) is 42.6 Å². The Bertz CT molecular complexity index is 758. The molecule has 1 atom stereocenters. The van der Waals surface area contributed by atoms with E-state index in [0.717, 1.165) is 55.4 Å². The van der Waals surface area contributed by atoms with Gasteiger partial charge in [0.2, 0.25) is 0 Å². The Morgan fingerprint density at radius 3 is 2.60 bits per heavy atom. The van der Waals surface area contributed by atoms with Crippen molar-refractivity contribution in [1.29, 1.82) is 0 Å². The third kappa shape index (κ3) is 3.49. The van der Waals surface area contributed by atoms with Crippen LogP contribution in [-0.2, 0) is 0 Å². The molecule has 1 amide bonds. The maximum atomic E-state index is 13.0. The molecule has 5 heteroatoms. The first kappa shape index (κ1) is 16.4. The van der Waals surface area contributed by atoms with Gasteiger partial charge in [-0.1, -0.05) is 23.7 Å². The normalized spacial score (nSPS) is 20.3. The Labute approximate surface area is 153 Å². The van der Waals surface area contributed by atoms with Crippen LogP contribution < -0.4 is 4.90 Å². The van der Waals surface area contributed by atoms with Crippen molar-refractivity contribution in [1.82, 2.24) is 9.88 Å². The lowest BCUT2D eigenvalue weighted by molar-refractivity contribution is 0.0707. The van der Waals surface area contributed by atoms with Gasteiger partial charge >= 0.3 is 0 Å². The molecule has 2 aromatic rings. The number of hydrogen-bond donors (Lipinski definition) is 0. The van der Waals surface area contributed by atoms with Crippen molar-refractivity contribution in [2.45, 2.75) is 25.2 Å². The zero-order chi connectivity index (χ0) is 17.2. The lowest BCUT2D eigenvalue weighted by Crippen LogP contribution is -2.40. The molecule has 0 N–H and O–H groups in total. The number of piperidine rings is 1. The fourth-order valence-electron chi connectivity index (χ4n) is 3.62. The van der Waals surface area contributed by atoms with Crippen LogP contribution in [0.4, 0.5) is 5.82 Å². The molecule has 2 aliphatic heterocycles. The van der Waals surface area contributed by atoms with Gasteiger partial charge in [0.25, 0.3) is 5.91 Å². The molecule has 0 saturated carbocycles. The zero-order valence-electron chi connectivity index (χ0n) is 14.2. The summed E-state index contributed by atoms with van der Waals surface area (Å²) in [5, 5.41) is 0.753. The van der Waals surface area contributed by atoms with Gasteiger partial charge in [-0.15, -0.1) is 0 Å². The van der Waals surface area contributed by atoms with Crippen LogP contribution in [0, 0.1) is 0 Å². The molecule has 2 fully saturated rings. The van der Waals surface area contributed by atoms with E-state index < -0.39 is 0 Å². The largest absolute Gasteiger partial charge is 0.356 e. The molecule has 1 aromatic carbocycles. The number of carbonyl (C=O) groups is 1. The minimum atomic E-state index is 0.114. The van der Waals surface area contributed by atoms with E-state index in [1.165, 1.54) is 12.0 Å². The van der Waals surface area contributed by atoms with Crippen molar-refractivity contribution in [2.75, 3.05) is 31.1 Å². The predicted octanol–water partition coefficient (Wildman–Crippen LogP) is 3.96. The van der Waals surface area contributed by atoms with E-state index in [-0.39, 0.29) is 5.91 Å². The predicted molar refractivity (Wildman–Crippen MR) is 100 cm³/mol. The SMILES string of the molecule is O=C(c1ccnc(N2CCC2)c1)N1CCC[C@@H](c2ccc(Cl)cc2)C1. The fraction of sp³-hybridized carbons (Fsp3) is 0.400. The van der Waals surface area contributed by atoms with Crippen molar-refractivity contribution in [3.05, 3.63) is 58.7 Å². The van der Waals surface area contributed by atoms with Gasteiger partial charge in [0, 0.05) is 48.9 Å². The summed E-state index contributed by atoms with van der Waals surface area (Å²) in [7, 11) is 0. The maximum Gasteiger partial charge on any atom is 0.254 e. The number of benzene rings is 1. The summed E-state index contributed by atoms with van der Waals surface area (Å²) in [6, 6.07) is 11.8. The molecule has 130 valence electrons. The summed E-state index contributed by atoms with van der Waals surface area (Å²) in [5.41, 5.74) is 2.01. The van der Waals surface area contributed by atoms with Gasteiger partial charge < -0.3 is 9.80 Å². The Morgan fingerprint density at radius 1 is 1.08 bits per heavy atom. The first-order chi connectivity index (χ1) is 12.2. The van der Waals surface area contributed by atoms with Crippen molar-refractivity contribution in [2.24, 2.45) is 0 Å². The van der Waals surface area contributed by atoms with E-state index in [0.29, 0.717) is 5.92 Å². The van der Waals surface area contributed by atoms with Gasteiger partial charge in [0.15, 0.2) is 0 Å². The number of aromatic nitrogens is 1. The molecule has 0 unspecified atom stereocenters. The van der Waals surface area contributed by atoms with Gasteiger partial charge in [0.05, 0.1) is 0 Å². The first-order valence-corrected chi connectivity index (χ1v) is 9.34. The molecule has 0 bridgehead atoms. The number of amides is 1. The second-order valence-electron chi connectivity index (χ2n) is 6.89. The number of carbonyl (C=O) groups excluding carboxylic acids is 1. The molecule has 2 aliphatic rings. The molecule has 0 aliphatic carbocycles. The van der Waals surface area contributed by atoms with Crippen LogP contribution in [0.5, 0.6) is 0 Å². The Morgan fingerprint density at radius 2 is 1.88 bits per heavy atom. The summed E-state index contributed by atoms with van der Waals surface area (Å²) in [5.74, 6) is 1.41. The molecular weight excluding hydrogens is 334 g/mol. The molecule has 4 rings (SSSR count). The first-order valence-electron chi connectivity index (χ1n) is 8.96. The highest BCUT2D eigenvalue weighted by Gasteiger charge is 2.26. The molecule has 0 radical (unpaired) electrons. The fourth-order valence-corrected chi connectivity index (χ4v) is 3.75. The summed E-state index contributed by atoms with van der Waals surface area (Å²) >= 11 is 5.99. The summed E-state index contributed by atoms with van der Waals surface area (Å²) in [6.45, 7) is 3.66. The minimum absolute atomic E-state index is 0.114. The quantitative estimate of drug-likeness (QED) is 0.836. The summed E-state index contributed by atoms with van der Waals surface area (Å²) in [4.78, 5) is 21.6. The smallest absolute Gasteiger partial charge is 0.254 e. The Balaban J connectivity index is 1.49. The highest BCUT2D eigenvalue weighted by molar-refractivity contribution is 6.30. The van der Waals surface area contributed by atoms with Crippen molar-refractivity contribution < 1.29 is 4.79 Å². The third-order valence-corrected chi connectivity index (χ3v) is 5.47. The topological polar surface area (TPSA) is 36.4 Å². The number of nitrogens with zero attached hydrogens (tertiary/aromatic N) is 3. The van der Waals surface area contributed by atoms with E-state index in [1.54, 1.807) is 6.20 Å². The van der Waals surface area contributed by atoms with Crippen LogP contribution >= 0.6 is 11.6 Å². The average molecular weight is 356 g/mol. The number of rotatable bonds is 3. The molecule has 1 aromatic heterocycles. The number of anilines is 1. The van der Waals surface area contributed by atoms with Gasteiger partial charge in [-0.25, -0.2) is 4.98 Å². The van der Waals surface area contributed by atoms with Crippen molar-refractivity contribution in [3.63, 3.8) is 0 Å². The van der Waals surface area contributed by atoms with Gasteiger partial charge in [0.1, 0.15) is 5.82 Å². The number of pyridine rings is 1. The zero-order valence-corrected chi connectivity index (χ0v) is 15.0. The van der Waals surface area contributed by atoms with Crippen LogP contribution in [-0.4, -0.2) is 42.0 Å². The molecule has 0 spiro atoms. The molecule has 2 saturated heterocycles. The average Bonchev–Trinajstić information content (AvgIpc) is 2.61. The summed E-state index contributed by atoms with van der Waals surface area (Å²) in [6.07, 6.45) is 5.10. The van der Waals surface area contributed by atoms with Crippen LogP contribution in [0.25, 0.3) is 0 Å². The Hall–Kier alpha value is -2.07. The van der Waals surface area contributed by atoms with E-state index in [9.17, 15) is 4.79 Å². The van der Waals surface area contributed by atoms with E-state index in [4.69, 9.17) is 11.6 Å². The molecule has 3 heterocycles. The van der Waals surface area contributed by atoms with Crippen LogP contribution in [0.2, 0.25) is 5.02 Å². The highest BCUT2D eigenvalue weighted by Crippen LogP contribution is 2.29. The number of likely N-dealkylation sites (tertiary alicyclic amines) is 1. The highest BCUT2D eigenvalue weighted by atomic mass is 35.5. The van der Waals surface area contributed by atoms with Gasteiger partial charge in [-0.2, -0.15) is 0 Å². The second kappa shape index (κ2) is 7.04. The van der Waals surface area contributed by atoms with E-state index in [2.05, 4.69) is 22.0 Å².